The fraction of sp³-hybridized carbons (Fsp3) is 0.464. The number of hydrogen-bond acceptors (Lipinski definition) is 3. The summed E-state index contributed by atoms with van der Waals surface area (Å²) in [7, 11) is 0. The highest BCUT2D eigenvalue weighted by molar-refractivity contribution is 5.94. The van der Waals surface area contributed by atoms with Crippen molar-refractivity contribution in [1.29, 1.82) is 0 Å². The van der Waals surface area contributed by atoms with Crippen LogP contribution in [0.15, 0.2) is 54.6 Å². The van der Waals surface area contributed by atoms with Crippen LogP contribution < -0.4 is 10.2 Å². The number of carbonyl (C=O) groups is 2. The molecule has 0 saturated heterocycles. The minimum absolute atomic E-state index is 0.0576. The Hall–Kier alpha value is -3.15. The molecule has 0 atom stereocenters. The van der Waals surface area contributed by atoms with Gasteiger partial charge in [0.2, 0.25) is 11.8 Å². The van der Waals surface area contributed by atoms with Gasteiger partial charge in [-0.1, -0.05) is 50.6 Å². The summed E-state index contributed by atoms with van der Waals surface area (Å²) in [6, 6.07) is 17.8. The van der Waals surface area contributed by atoms with Crippen LogP contribution in [0.25, 0.3) is 11.0 Å². The van der Waals surface area contributed by atoms with E-state index in [2.05, 4.69) is 23.7 Å². The lowest BCUT2D eigenvalue weighted by Crippen LogP contribution is -2.34. The molecule has 3 rings (SSSR count). The number of nitrogens with zero attached hydrogens (tertiary/aromatic N) is 3. The average Bonchev–Trinajstić information content (AvgIpc) is 3.20. The molecule has 1 heterocycles. The van der Waals surface area contributed by atoms with E-state index in [0.29, 0.717) is 13.1 Å². The molecule has 0 unspecified atom stereocenters. The van der Waals surface area contributed by atoms with Crippen LogP contribution >= 0.6 is 0 Å². The van der Waals surface area contributed by atoms with Crippen LogP contribution in [0.4, 0.5) is 5.69 Å². The zero-order valence-corrected chi connectivity index (χ0v) is 20.8. The number of aryl methyl sites for hydroxylation is 1. The van der Waals surface area contributed by atoms with Gasteiger partial charge < -0.3 is 14.8 Å². The second kappa shape index (κ2) is 12.9. The summed E-state index contributed by atoms with van der Waals surface area (Å²) in [6.07, 6.45) is 5.50. The highest BCUT2D eigenvalue weighted by Crippen LogP contribution is 2.20. The Bertz CT molecular complexity index is 1060. The number of rotatable bonds is 13. The minimum Gasteiger partial charge on any atom is -0.356 e. The molecular formula is C28H38N4O2. The normalized spacial score (nSPS) is 11.2. The standard InChI is InChI=1S/C28H38N4O2/c1-4-22(5-2)28(34)29-20-14-8-11-19-26-30-24-17-12-13-18-25(24)32(26)21-27(33)31(6-3)23-15-9-7-10-16-23/h7,9-10,12-13,15-18,22H,4-6,8,11,14,19-21H2,1-3H3,(H,29,34). The average molecular weight is 463 g/mol. The number of fused-ring (bicyclic) bond motifs is 1. The van der Waals surface area contributed by atoms with Crippen LogP contribution in [0.3, 0.4) is 0 Å². The molecule has 0 saturated carbocycles. The van der Waals surface area contributed by atoms with Gasteiger partial charge in [0.1, 0.15) is 12.4 Å². The van der Waals surface area contributed by atoms with E-state index >= 15 is 0 Å². The van der Waals surface area contributed by atoms with E-state index in [1.807, 2.05) is 66.4 Å². The maximum atomic E-state index is 13.3. The second-order valence-electron chi connectivity index (χ2n) is 8.69. The predicted molar refractivity (Wildman–Crippen MR) is 139 cm³/mol. The van der Waals surface area contributed by atoms with Crippen molar-refractivity contribution in [3.05, 3.63) is 60.4 Å². The number of aromatic nitrogens is 2. The van der Waals surface area contributed by atoms with Crippen LogP contribution in [0.5, 0.6) is 0 Å². The van der Waals surface area contributed by atoms with E-state index < -0.39 is 0 Å². The summed E-state index contributed by atoms with van der Waals surface area (Å²) < 4.78 is 2.07. The molecule has 2 aromatic carbocycles. The van der Waals surface area contributed by atoms with Gasteiger partial charge >= 0.3 is 0 Å². The zero-order valence-electron chi connectivity index (χ0n) is 20.8. The summed E-state index contributed by atoms with van der Waals surface area (Å²) in [5, 5.41) is 3.07. The highest BCUT2D eigenvalue weighted by Gasteiger charge is 2.18. The van der Waals surface area contributed by atoms with Crippen molar-refractivity contribution in [3.63, 3.8) is 0 Å². The highest BCUT2D eigenvalue weighted by atomic mass is 16.2. The molecule has 0 bridgehead atoms. The molecule has 182 valence electrons. The van der Waals surface area contributed by atoms with Crippen molar-refractivity contribution in [1.82, 2.24) is 14.9 Å². The Balaban J connectivity index is 1.61. The first-order chi connectivity index (χ1) is 16.6. The first-order valence-electron chi connectivity index (χ1n) is 12.7. The molecule has 0 radical (unpaired) electrons. The Labute approximate surface area is 203 Å². The Kier molecular flexibility index (Phi) is 9.68. The predicted octanol–water partition coefficient (Wildman–Crippen LogP) is 5.35. The summed E-state index contributed by atoms with van der Waals surface area (Å²) in [6.45, 7) is 7.72. The van der Waals surface area contributed by atoms with Crippen LogP contribution in [-0.4, -0.2) is 34.5 Å². The summed E-state index contributed by atoms with van der Waals surface area (Å²) in [5.41, 5.74) is 2.83. The lowest BCUT2D eigenvalue weighted by molar-refractivity contribution is -0.125. The summed E-state index contributed by atoms with van der Waals surface area (Å²) >= 11 is 0. The fourth-order valence-corrected chi connectivity index (χ4v) is 4.42. The first-order valence-corrected chi connectivity index (χ1v) is 12.7. The summed E-state index contributed by atoms with van der Waals surface area (Å²) in [5.74, 6) is 1.29. The first kappa shape index (κ1) is 25.5. The van der Waals surface area contributed by atoms with Gasteiger partial charge in [-0.15, -0.1) is 0 Å². The van der Waals surface area contributed by atoms with Crippen molar-refractivity contribution in [2.45, 2.75) is 65.8 Å². The Morgan fingerprint density at radius 3 is 2.35 bits per heavy atom. The number of hydrogen-bond donors (Lipinski definition) is 1. The molecule has 0 aliphatic carbocycles. The van der Waals surface area contributed by atoms with E-state index in [-0.39, 0.29) is 24.3 Å². The van der Waals surface area contributed by atoms with E-state index in [1.165, 1.54) is 0 Å². The molecular weight excluding hydrogens is 424 g/mol. The van der Waals surface area contributed by atoms with Crippen molar-refractivity contribution in [2.24, 2.45) is 5.92 Å². The molecule has 0 aliphatic heterocycles. The quantitative estimate of drug-likeness (QED) is 0.348. The molecule has 1 aromatic heterocycles. The lowest BCUT2D eigenvalue weighted by Gasteiger charge is -2.22. The van der Waals surface area contributed by atoms with Gasteiger partial charge in [0.15, 0.2) is 0 Å². The van der Waals surface area contributed by atoms with E-state index in [4.69, 9.17) is 4.98 Å². The van der Waals surface area contributed by atoms with Gasteiger partial charge in [-0.3, -0.25) is 9.59 Å². The van der Waals surface area contributed by atoms with Gasteiger partial charge in [0, 0.05) is 31.1 Å². The van der Waals surface area contributed by atoms with Crippen molar-refractivity contribution >= 4 is 28.5 Å². The van der Waals surface area contributed by atoms with Gasteiger partial charge in [-0.2, -0.15) is 0 Å². The molecule has 34 heavy (non-hydrogen) atoms. The third kappa shape index (κ3) is 6.46. The molecule has 0 spiro atoms. The molecule has 6 nitrogen and oxygen atoms in total. The Morgan fingerprint density at radius 1 is 0.941 bits per heavy atom. The lowest BCUT2D eigenvalue weighted by atomic mass is 10.0. The number of amides is 2. The minimum atomic E-state index is 0.0576. The van der Waals surface area contributed by atoms with E-state index in [9.17, 15) is 9.59 Å². The van der Waals surface area contributed by atoms with Crippen LogP contribution in [0.1, 0.15) is 58.7 Å². The molecule has 6 heteroatoms. The summed E-state index contributed by atoms with van der Waals surface area (Å²) in [4.78, 5) is 32.0. The molecule has 0 fully saturated rings. The van der Waals surface area contributed by atoms with Crippen LogP contribution in [0.2, 0.25) is 0 Å². The maximum absolute atomic E-state index is 13.3. The van der Waals surface area contributed by atoms with Gasteiger partial charge in [0.05, 0.1) is 11.0 Å². The van der Waals surface area contributed by atoms with E-state index in [0.717, 1.165) is 61.1 Å². The number of benzene rings is 2. The molecule has 1 N–H and O–H groups in total. The molecule has 0 aliphatic rings. The van der Waals surface area contributed by atoms with Crippen LogP contribution in [0, 0.1) is 5.92 Å². The van der Waals surface area contributed by atoms with Gasteiger partial charge in [0.25, 0.3) is 0 Å². The number of para-hydroxylation sites is 3. The number of nitrogens with one attached hydrogen (secondary N) is 1. The smallest absolute Gasteiger partial charge is 0.246 e. The van der Waals surface area contributed by atoms with Crippen molar-refractivity contribution in [2.75, 3.05) is 18.0 Å². The SMILES string of the molecule is CCC(CC)C(=O)NCCCCCc1nc2ccccc2n1CC(=O)N(CC)c1ccccc1. The largest absolute Gasteiger partial charge is 0.356 e. The monoisotopic (exact) mass is 462 g/mol. The second-order valence-corrected chi connectivity index (χ2v) is 8.69. The zero-order chi connectivity index (χ0) is 24.3. The van der Waals surface area contributed by atoms with E-state index in [1.54, 1.807) is 0 Å². The van der Waals surface area contributed by atoms with Gasteiger partial charge in [-0.05, 0) is 56.9 Å². The number of imidazole rings is 1. The third-order valence-electron chi connectivity index (χ3n) is 6.44. The van der Waals surface area contributed by atoms with Crippen molar-refractivity contribution < 1.29 is 9.59 Å². The topological polar surface area (TPSA) is 67.2 Å². The van der Waals surface area contributed by atoms with Crippen LogP contribution in [-0.2, 0) is 22.6 Å². The number of unbranched alkanes of at least 4 members (excludes halogenated alkanes) is 2. The van der Waals surface area contributed by atoms with Gasteiger partial charge in [-0.25, -0.2) is 4.98 Å². The maximum Gasteiger partial charge on any atom is 0.246 e. The van der Waals surface area contributed by atoms with Crippen molar-refractivity contribution in [3.8, 4) is 0 Å². The molecule has 3 aromatic rings. The fourth-order valence-electron chi connectivity index (χ4n) is 4.42. The molecule has 2 amide bonds. The number of likely N-dealkylation sites (N-methyl/N-ethyl adjacent to an activating group) is 1. The third-order valence-corrected chi connectivity index (χ3v) is 6.44. The Morgan fingerprint density at radius 2 is 1.65 bits per heavy atom. The number of carbonyl (C=O) groups excluding carboxylic acids is 2. The number of anilines is 1.